The molecule has 2 aromatic heterocycles. The summed E-state index contributed by atoms with van der Waals surface area (Å²) in [4.78, 5) is 13.1. The van der Waals surface area contributed by atoms with E-state index in [-0.39, 0.29) is 0 Å². The Hall–Kier alpha value is -3.15. The zero-order valence-corrected chi connectivity index (χ0v) is 15.1. The van der Waals surface area contributed by atoms with Gasteiger partial charge in [0.2, 0.25) is 5.89 Å². The van der Waals surface area contributed by atoms with Gasteiger partial charge in [0.25, 0.3) is 0 Å². The summed E-state index contributed by atoms with van der Waals surface area (Å²) < 4.78 is 5.58. The summed E-state index contributed by atoms with van der Waals surface area (Å²) in [6.45, 7) is 3.35. The molecule has 2 N–H and O–H groups in total. The molecule has 134 valence electrons. The number of hydrogen-bond donors (Lipinski definition) is 2. The number of guanidine groups is 1. The van der Waals surface area contributed by atoms with Crippen molar-refractivity contribution in [1.29, 1.82) is 0 Å². The van der Waals surface area contributed by atoms with E-state index in [4.69, 9.17) is 4.42 Å². The minimum Gasteiger partial charge on any atom is -0.444 e. The summed E-state index contributed by atoms with van der Waals surface area (Å²) in [6, 6.07) is 14.0. The summed E-state index contributed by atoms with van der Waals surface area (Å²) in [5, 5.41) is 6.52. The average molecular weight is 349 g/mol. The van der Waals surface area contributed by atoms with E-state index in [9.17, 15) is 0 Å². The molecule has 0 bridgehead atoms. The van der Waals surface area contributed by atoms with Crippen LogP contribution in [0, 0.1) is 6.92 Å². The second-order valence-corrected chi connectivity index (χ2v) is 5.93. The van der Waals surface area contributed by atoms with Crippen molar-refractivity contribution in [3.8, 4) is 11.5 Å². The van der Waals surface area contributed by atoms with Gasteiger partial charge in [-0.3, -0.25) is 9.98 Å². The first kappa shape index (κ1) is 17.7. The van der Waals surface area contributed by atoms with Crippen molar-refractivity contribution in [1.82, 2.24) is 20.6 Å². The Morgan fingerprint density at radius 2 is 1.92 bits per heavy atom. The van der Waals surface area contributed by atoms with Gasteiger partial charge in [-0.25, -0.2) is 4.98 Å². The van der Waals surface area contributed by atoms with E-state index in [0.29, 0.717) is 12.4 Å². The van der Waals surface area contributed by atoms with E-state index in [1.54, 1.807) is 19.5 Å². The molecular formula is C20H23N5O. The molecule has 0 unspecified atom stereocenters. The Labute approximate surface area is 153 Å². The molecule has 0 spiro atoms. The van der Waals surface area contributed by atoms with Gasteiger partial charge in [0.15, 0.2) is 5.96 Å². The number of aromatic nitrogens is 2. The van der Waals surface area contributed by atoms with Crippen LogP contribution in [0.5, 0.6) is 0 Å². The van der Waals surface area contributed by atoms with Crippen LogP contribution in [0.25, 0.3) is 11.5 Å². The highest BCUT2D eigenvalue weighted by Crippen LogP contribution is 2.18. The van der Waals surface area contributed by atoms with Crippen LogP contribution in [0.3, 0.4) is 0 Å². The van der Waals surface area contributed by atoms with E-state index >= 15 is 0 Å². The standard InChI is InChI=1S/C20H23N5O/c1-15-6-8-16(9-7-15)19-25-18(14-26-19)13-24-20(21-2)23-12-10-17-5-3-4-11-22-17/h3-9,11,14H,10,12-13H2,1-2H3,(H2,21,23,24). The zero-order valence-electron chi connectivity index (χ0n) is 15.1. The van der Waals surface area contributed by atoms with E-state index in [1.807, 2.05) is 42.5 Å². The predicted molar refractivity (Wildman–Crippen MR) is 103 cm³/mol. The summed E-state index contributed by atoms with van der Waals surface area (Å²) in [7, 11) is 1.75. The van der Waals surface area contributed by atoms with E-state index in [2.05, 4.69) is 32.5 Å². The number of aliphatic imine (C=N–C) groups is 1. The maximum absolute atomic E-state index is 5.58. The van der Waals surface area contributed by atoms with E-state index in [1.165, 1.54) is 5.56 Å². The van der Waals surface area contributed by atoms with Crippen molar-refractivity contribution in [2.75, 3.05) is 13.6 Å². The third kappa shape index (κ3) is 4.92. The second kappa shape index (κ2) is 8.80. The summed E-state index contributed by atoms with van der Waals surface area (Å²) in [5.41, 5.74) is 4.06. The van der Waals surface area contributed by atoms with Crippen molar-refractivity contribution < 1.29 is 4.42 Å². The van der Waals surface area contributed by atoms with Gasteiger partial charge in [-0.05, 0) is 31.2 Å². The van der Waals surface area contributed by atoms with Gasteiger partial charge in [0.1, 0.15) is 6.26 Å². The van der Waals surface area contributed by atoms with Crippen molar-refractivity contribution in [2.24, 2.45) is 4.99 Å². The van der Waals surface area contributed by atoms with Crippen LogP contribution in [0.4, 0.5) is 0 Å². The number of nitrogens with zero attached hydrogens (tertiary/aromatic N) is 3. The molecule has 0 atom stereocenters. The van der Waals surface area contributed by atoms with Crippen LogP contribution >= 0.6 is 0 Å². The Balaban J connectivity index is 1.49. The van der Waals surface area contributed by atoms with Crippen molar-refractivity contribution >= 4 is 5.96 Å². The lowest BCUT2D eigenvalue weighted by Gasteiger charge is -2.10. The van der Waals surface area contributed by atoms with Crippen molar-refractivity contribution in [2.45, 2.75) is 19.9 Å². The third-order valence-corrected chi connectivity index (χ3v) is 3.91. The largest absolute Gasteiger partial charge is 0.444 e. The van der Waals surface area contributed by atoms with E-state index in [0.717, 1.165) is 35.9 Å². The van der Waals surface area contributed by atoms with Gasteiger partial charge in [-0.1, -0.05) is 23.8 Å². The number of aryl methyl sites for hydroxylation is 1. The number of pyridine rings is 1. The first-order valence-electron chi connectivity index (χ1n) is 8.60. The normalized spacial score (nSPS) is 11.4. The molecule has 0 aliphatic carbocycles. The zero-order chi connectivity index (χ0) is 18.2. The summed E-state index contributed by atoms with van der Waals surface area (Å²) in [5.74, 6) is 1.35. The summed E-state index contributed by atoms with van der Waals surface area (Å²) >= 11 is 0. The molecule has 0 radical (unpaired) electrons. The summed E-state index contributed by atoms with van der Waals surface area (Å²) in [6.07, 6.45) is 4.31. The van der Waals surface area contributed by atoms with Crippen LogP contribution in [-0.2, 0) is 13.0 Å². The van der Waals surface area contributed by atoms with Gasteiger partial charge < -0.3 is 15.1 Å². The molecule has 3 rings (SSSR count). The van der Waals surface area contributed by atoms with Crippen molar-refractivity contribution in [3.63, 3.8) is 0 Å². The molecule has 26 heavy (non-hydrogen) atoms. The molecule has 2 heterocycles. The molecule has 0 aliphatic heterocycles. The van der Waals surface area contributed by atoms with Gasteiger partial charge in [-0.2, -0.15) is 0 Å². The van der Waals surface area contributed by atoms with Gasteiger partial charge in [0.05, 0.1) is 12.2 Å². The topological polar surface area (TPSA) is 75.3 Å². The van der Waals surface area contributed by atoms with Crippen molar-refractivity contribution in [3.05, 3.63) is 71.9 Å². The number of rotatable bonds is 6. The fourth-order valence-electron chi connectivity index (χ4n) is 2.47. The lowest BCUT2D eigenvalue weighted by atomic mass is 10.1. The lowest BCUT2D eigenvalue weighted by molar-refractivity contribution is 0.572. The highest BCUT2D eigenvalue weighted by Gasteiger charge is 2.07. The van der Waals surface area contributed by atoms with Crippen LogP contribution in [0.15, 0.2) is 64.3 Å². The lowest BCUT2D eigenvalue weighted by Crippen LogP contribution is -2.38. The smallest absolute Gasteiger partial charge is 0.226 e. The Morgan fingerprint density at radius 3 is 2.65 bits per heavy atom. The fourth-order valence-corrected chi connectivity index (χ4v) is 2.47. The highest BCUT2D eigenvalue weighted by molar-refractivity contribution is 5.79. The SMILES string of the molecule is CN=C(NCCc1ccccn1)NCc1coc(-c2ccc(C)cc2)n1. The maximum atomic E-state index is 5.58. The van der Waals surface area contributed by atoms with Gasteiger partial charge >= 0.3 is 0 Å². The van der Waals surface area contributed by atoms with Crippen LogP contribution in [0.2, 0.25) is 0 Å². The Morgan fingerprint density at radius 1 is 1.08 bits per heavy atom. The van der Waals surface area contributed by atoms with Crippen LogP contribution < -0.4 is 10.6 Å². The molecule has 6 heteroatoms. The molecule has 0 fully saturated rings. The second-order valence-electron chi connectivity index (χ2n) is 5.93. The number of benzene rings is 1. The molecule has 0 amide bonds. The predicted octanol–water partition coefficient (Wildman–Crippen LogP) is 2.95. The van der Waals surface area contributed by atoms with E-state index < -0.39 is 0 Å². The molecule has 6 nitrogen and oxygen atoms in total. The van der Waals surface area contributed by atoms with Gasteiger partial charge in [-0.15, -0.1) is 0 Å². The molecule has 0 saturated carbocycles. The highest BCUT2D eigenvalue weighted by atomic mass is 16.3. The van der Waals surface area contributed by atoms with Crippen LogP contribution in [-0.4, -0.2) is 29.5 Å². The molecule has 0 aliphatic rings. The first-order valence-corrected chi connectivity index (χ1v) is 8.60. The molecule has 3 aromatic rings. The molecular weight excluding hydrogens is 326 g/mol. The fraction of sp³-hybridized carbons (Fsp3) is 0.250. The number of oxazole rings is 1. The minimum atomic E-state index is 0.540. The quantitative estimate of drug-likeness (QED) is 0.529. The number of nitrogens with one attached hydrogen (secondary N) is 2. The Bertz CT molecular complexity index is 840. The Kier molecular flexibility index (Phi) is 5.98. The molecule has 1 aromatic carbocycles. The third-order valence-electron chi connectivity index (χ3n) is 3.91. The number of hydrogen-bond acceptors (Lipinski definition) is 4. The van der Waals surface area contributed by atoms with Gasteiger partial charge in [0, 0.05) is 37.5 Å². The first-order chi connectivity index (χ1) is 12.7. The average Bonchev–Trinajstić information content (AvgIpc) is 3.15. The molecule has 0 saturated heterocycles. The monoisotopic (exact) mass is 349 g/mol. The van der Waals surface area contributed by atoms with Crippen LogP contribution in [0.1, 0.15) is 17.0 Å². The minimum absolute atomic E-state index is 0.540. The maximum Gasteiger partial charge on any atom is 0.226 e.